The van der Waals surface area contributed by atoms with Crippen molar-refractivity contribution >= 4 is 17.8 Å². The molecule has 1 aliphatic heterocycles. The Morgan fingerprint density at radius 2 is 1.56 bits per heavy atom. The number of amides is 2. The molecule has 0 saturated heterocycles. The van der Waals surface area contributed by atoms with Gasteiger partial charge in [0.25, 0.3) is 11.8 Å². The lowest BCUT2D eigenvalue weighted by Gasteiger charge is -2.16. The smallest absolute Gasteiger partial charge is 0.336 e. The van der Waals surface area contributed by atoms with Crippen LogP contribution in [0.25, 0.3) is 0 Å². The SMILES string of the molecule is COc1ccc(CC(C)C(=O)ON2C(=O)c3ccccc3C2=O)cc1. The molecule has 0 radical (unpaired) electrons. The zero-order chi connectivity index (χ0) is 18.0. The Kier molecular flexibility index (Phi) is 4.52. The number of benzene rings is 2. The summed E-state index contributed by atoms with van der Waals surface area (Å²) in [4.78, 5) is 41.8. The third-order valence-corrected chi connectivity index (χ3v) is 4.04. The van der Waals surface area contributed by atoms with E-state index in [0.29, 0.717) is 11.5 Å². The topological polar surface area (TPSA) is 72.9 Å². The zero-order valence-corrected chi connectivity index (χ0v) is 13.9. The van der Waals surface area contributed by atoms with Crippen LogP contribution in [0.1, 0.15) is 33.2 Å². The van der Waals surface area contributed by atoms with Crippen LogP contribution in [0.3, 0.4) is 0 Å². The second kappa shape index (κ2) is 6.76. The predicted octanol–water partition coefficient (Wildman–Crippen LogP) is 2.63. The van der Waals surface area contributed by atoms with Crippen LogP contribution < -0.4 is 4.74 Å². The van der Waals surface area contributed by atoms with Crippen LogP contribution in [0.4, 0.5) is 0 Å². The quantitative estimate of drug-likeness (QED) is 0.783. The van der Waals surface area contributed by atoms with E-state index in [1.807, 2.05) is 12.1 Å². The Labute approximate surface area is 144 Å². The first kappa shape index (κ1) is 16.7. The van der Waals surface area contributed by atoms with E-state index in [4.69, 9.17) is 9.57 Å². The fourth-order valence-electron chi connectivity index (χ4n) is 2.63. The molecule has 0 fully saturated rings. The van der Waals surface area contributed by atoms with Gasteiger partial charge in [0, 0.05) is 0 Å². The number of hydroxylamine groups is 2. The van der Waals surface area contributed by atoms with E-state index in [-0.39, 0.29) is 11.1 Å². The predicted molar refractivity (Wildman–Crippen MR) is 88.9 cm³/mol. The Hall–Kier alpha value is -3.15. The van der Waals surface area contributed by atoms with Gasteiger partial charge in [0.1, 0.15) is 5.75 Å². The lowest BCUT2D eigenvalue weighted by atomic mass is 10.0. The fourth-order valence-corrected chi connectivity index (χ4v) is 2.63. The minimum atomic E-state index is -0.634. The molecule has 1 aliphatic rings. The number of carbonyl (C=O) groups excluding carboxylic acids is 3. The summed E-state index contributed by atoms with van der Waals surface area (Å²) >= 11 is 0. The number of hydrogen-bond donors (Lipinski definition) is 0. The summed E-state index contributed by atoms with van der Waals surface area (Å²) in [6.45, 7) is 1.69. The summed E-state index contributed by atoms with van der Waals surface area (Å²) in [6.07, 6.45) is 0.423. The molecule has 1 heterocycles. The maximum atomic E-state index is 12.3. The molecule has 3 rings (SSSR count). The van der Waals surface area contributed by atoms with Crippen molar-refractivity contribution in [2.75, 3.05) is 7.11 Å². The number of imide groups is 1. The van der Waals surface area contributed by atoms with E-state index in [0.717, 1.165) is 11.3 Å². The van der Waals surface area contributed by atoms with E-state index in [1.54, 1.807) is 38.3 Å². The summed E-state index contributed by atoms with van der Waals surface area (Å²) < 4.78 is 5.09. The number of fused-ring (bicyclic) bond motifs is 1. The molecule has 0 saturated carbocycles. The second-order valence-electron chi connectivity index (χ2n) is 5.81. The third-order valence-electron chi connectivity index (χ3n) is 4.04. The molecule has 6 heteroatoms. The number of rotatable bonds is 5. The van der Waals surface area contributed by atoms with Crippen molar-refractivity contribution in [3.63, 3.8) is 0 Å². The first-order valence-electron chi connectivity index (χ1n) is 7.84. The molecule has 1 unspecified atom stereocenters. The number of carbonyl (C=O) groups is 3. The monoisotopic (exact) mass is 339 g/mol. The van der Waals surface area contributed by atoms with Crippen molar-refractivity contribution in [1.82, 2.24) is 5.06 Å². The van der Waals surface area contributed by atoms with Crippen molar-refractivity contribution < 1.29 is 24.0 Å². The molecule has 0 aliphatic carbocycles. The van der Waals surface area contributed by atoms with Gasteiger partial charge in [-0.15, -0.1) is 0 Å². The van der Waals surface area contributed by atoms with Gasteiger partial charge >= 0.3 is 5.97 Å². The van der Waals surface area contributed by atoms with Gasteiger partial charge in [0.2, 0.25) is 0 Å². The molecule has 0 N–H and O–H groups in total. The highest BCUT2D eigenvalue weighted by molar-refractivity contribution is 6.20. The maximum Gasteiger partial charge on any atom is 0.336 e. The first-order chi connectivity index (χ1) is 12.0. The summed E-state index contributed by atoms with van der Waals surface area (Å²) in [6, 6.07) is 13.7. The maximum absolute atomic E-state index is 12.3. The lowest BCUT2D eigenvalue weighted by Crippen LogP contribution is -2.35. The van der Waals surface area contributed by atoms with Crippen LogP contribution in [-0.4, -0.2) is 30.0 Å². The average Bonchev–Trinajstić information content (AvgIpc) is 2.87. The molecule has 2 amide bonds. The van der Waals surface area contributed by atoms with E-state index in [1.165, 1.54) is 12.1 Å². The minimum absolute atomic E-state index is 0.239. The minimum Gasteiger partial charge on any atom is -0.497 e. The van der Waals surface area contributed by atoms with Crippen LogP contribution in [-0.2, 0) is 16.1 Å². The van der Waals surface area contributed by atoms with Gasteiger partial charge in [-0.05, 0) is 36.2 Å². The molecule has 2 aromatic rings. The highest BCUT2D eigenvalue weighted by atomic mass is 16.7. The molecule has 6 nitrogen and oxygen atoms in total. The zero-order valence-electron chi connectivity index (χ0n) is 13.9. The van der Waals surface area contributed by atoms with Gasteiger partial charge < -0.3 is 9.57 Å². The summed E-state index contributed by atoms with van der Waals surface area (Å²) in [5.41, 5.74) is 1.40. The normalized spacial score (nSPS) is 14.2. The van der Waals surface area contributed by atoms with Crippen molar-refractivity contribution in [3.8, 4) is 5.75 Å². The molecule has 2 aromatic carbocycles. The van der Waals surface area contributed by atoms with Crippen LogP contribution in [0.5, 0.6) is 5.75 Å². The van der Waals surface area contributed by atoms with Crippen molar-refractivity contribution in [2.45, 2.75) is 13.3 Å². The van der Waals surface area contributed by atoms with Crippen LogP contribution in [0.15, 0.2) is 48.5 Å². The van der Waals surface area contributed by atoms with Gasteiger partial charge in [0.05, 0.1) is 24.2 Å². The Balaban J connectivity index is 1.66. The number of nitrogens with zero attached hydrogens (tertiary/aromatic N) is 1. The molecular weight excluding hydrogens is 322 g/mol. The van der Waals surface area contributed by atoms with Gasteiger partial charge in [-0.25, -0.2) is 4.79 Å². The second-order valence-corrected chi connectivity index (χ2v) is 5.81. The third kappa shape index (κ3) is 3.24. The van der Waals surface area contributed by atoms with Crippen molar-refractivity contribution in [3.05, 3.63) is 65.2 Å². The van der Waals surface area contributed by atoms with E-state index >= 15 is 0 Å². The molecule has 0 bridgehead atoms. The number of methoxy groups -OCH3 is 1. The highest BCUT2D eigenvalue weighted by Crippen LogP contribution is 2.24. The largest absolute Gasteiger partial charge is 0.497 e. The van der Waals surface area contributed by atoms with Crippen LogP contribution in [0.2, 0.25) is 0 Å². The molecule has 128 valence electrons. The lowest BCUT2D eigenvalue weighted by molar-refractivity contribution is -0.173. The van der Waals surface area contributed by atoms with E-state index in [9.17, 15) is 14.4 Å². The summed E-state index contributed by atoms with van der Waals surface area (Å²) in [5.74, 6) is -1.66. The number of ether oxygens (including phenoxy) is 1. The molecule has 0 aromatic heterocycles. The van der Waals surface area contributed by atoms with Crippen molar-refractivity contribution in [2.24, 2.45) is 5.92 Å². The molecule has 0 spiro atoms. The average molecular weight is 339 g/mol. The molecule has 1 atom stereocenters. The Bertz CT molecular complexity index is 793. The van der Waals surface area contributed by atoms with E-state index in [2.05, 4.69) is 0 Å². The van der Waals surface area contributed by atoms with E-state index < -0.39 is 23.7 Å². The standard InChI is InChI=1S/C19H17NO5/c1-12(11-13-7-9-14(24-2)10-8-13)19(23)25-20-17(21)15-5-3-4-6-16(15)18(20)22/h3-10,12H,11H2,1-2H3. The molecule has 25 heavy (non-hydrogen) atoms. The van der Waals surface area contributed by atoms with Gasteiger partial charge in [0.15, 0.2) is 0 Å². The summed E-state index contributed by atoms with van der Waals surface area (Å²) in [5, 5.41) is 0.539. The van der Waals surface area contributed by atoms with Crippen LogP contribution in [0, 0.1) is 5.92 Å². The molecular formula is C19H17NO5. The first-order valence-corrected chi connectivity index (χ1v) is 7.84. The van der Waals surface area contributed by atoms with Crippen LogP contribution >= 0.6 is 0 Å². The summed E-state index contributed by atoms with van der Waals surface area (Å²) in [7, 11) is 1.58. The fraction of sp³-hybridized carbons (Fsp3) is 0.211. The van der Waals surface area contributed by atoms with Gasteiger partial charge in [-0.2, -0.15) is 0 Å². The van der Waals surface area contributed by atoms with Gasteiger partial charge in [-0.3, -0.25) is 9.59 Å². The van der Waals surface area contributed by atoms with Gasteiger partial charge in [-0.1, -0.05) is 36.3 Å². The Morgan fingerprint density at radius 1 is 1.00 bits per heavy atom. The van der Waals surface area contributed by atoms with Crippen molar-refractivity contribution in [1.29, 1.82) is 0 Å². The highest BCUT2D eigenvalue weighted by Gasteiger charge is 2.39. The Morgan fingerprint density at radius 3 is 2.08 bits per heavy atom. The number of hydrogen-bond acceptors (Lipinski definition) is 5.